The standard InChI is InChI=1S/C10H6Cl2FNO2S2/c11-9-5-8(10(12)17-9)18(15,16)14-7-4-2-1-3-6(7)13/h1-5,14H. The van der Waals surface area contributed by atoms with Crippen LogP contribution in [0.2, 0.25) is 8.67 Å². The van der Waals surface area contributed by atoms with Gasteiger partial charge in [-0.1, -0.05) is 35.3 Å². The van der Waals surface area contributed by atoms with Gasteiger partial charge in [0.05, 0.1) is 10.0 Å². The number of rotatable bonds is 3. The Hall–Kier alpha value is -0.820. The van der Waals surface area contributed by atoms with Gasteiger partial charge in [0.25, 0.3) is 10.0 Å². The van der Waals surface area contributed by atoms with E-state index in [4.69, 9.17) is 23.2 Å². The van der Waals surface area contributed by atoms with Gasteiger partial charge in [-0.25, -0.2) is 12.8 Å². The normalized spacial score (nSPS) is 11.5. The molecule has 0 saturated heterocycles. The Kier molecular flexibility index (Phi) is 3.82. The van der Waals surface area contributed by atoms with Crippen LogP contribution in [0, 0.1) is 5.82 Å². The predicted molar refractivity (Wildman–Crippen MR) is 71.5 cm³/mol. The molecule has 0 spiro atoms. The van der Waals surface area contributed by atoms with E-state index in [1.54, 1.807) is 0 Å². The molecule has 0 fully saturated rings. The quantitative estimate of drug-likeness (QED) is 0.927. The fourth-order valence-corrected chi connectivity index (χ4v) is 4.47. The highest BCUT2D eigenvalue weighted by atomic mass is 35.5. The first-order valence-corrected chi connectivity index (χ1v) is 7.68. The van der Waals surface area contributed by atoms with Crippen LogP contribution < -0.4 is 4.72 Å². The molecule has 0 atom stereocenters. The van der Waals surface area contributed by atoms with Crippen LogP contribution in [-0.4, -0.2) is 8.42 Å². The maximum absolute atomic E-state index is 13.4. The molecule has 96 valence electrons. The van der Waals surface area contributed by atoms with Crippen LogP contribution in [-0.2, 0) is 10.0 Å². The second-order valence-electron chi connectivity index (χ2n) is 3.27. The lowest BCUT2D eigenvalue weighted by Crippen LogP contribution is -2.13. The van der Waals surface area contributed by atoms with Gasteiger partial charge >= 0.3 is 0 Å². The van der Waals surface area contributed by atoms with Crippen molar-refractivity contribution in [2.75, 3.05) is 4.72 Å². The minimum Gasteiger partial charge on any atom is -0.277 e. The van der Waals surface area contributed by atoms with Crippen LogP contribution in [0.5, 0.6) is 0 Å². The van der Waals surface area contributed by atoms with Crippen molar-refractivity contribution in [3.8, 4) is 0 Å². The van der Waals surface area contributed by atoms with Gasteiger partial charge < -0.3 is 0 Å². The van der Waals surface area contributed by atoms with Crippen LogP contribution in [0.4, 0.5) is 10.1 Å². The summed E-state index contributed by atoms with van der Waals surface area (Å²) < 4.78 is 39.7. The zero-order valence-electron chi connectivity index (χ0n) is 8.65. The second-order valence-corrected chi connectivity index (χ2v) is 7.21. The fourth-order valence-electron chi connectivity index (χ4n) is 1.25. The van der Waals surface area contributed by atoms with Gasteiger partial charge in [-0.2, -0.15) is 0 Å². The molecule has 2 rings (SSSR count). The molecule has 0 aliphatic heterocycles. The summed E-state index contributed by atoms with van der Waals surface area (Å²) in [7, 11) is -3.94. The van der Waals surface area contributed by atoms with E-state index in [1.165, 1.54) is 24.3 Å². The third-order valence-corrected chi connectivity index (χ3v) is 5.15. The van der Waals surface area contributed by atoms with Crippen LogP contribution in [0.15, 0.2) is 35.2 Å². The van der Waals surface area contributed by atoms with Gasteiger partial charge in [0.15, 0.2) is 0 Å². The van der Waals surface area contributed by atoms with E-state index in [2.05, 4.69) is 4.72 Å². The highest BCUT2D eigenvalue weighted by Crippen LogP contribution is 2.35. The summed E-state index contributed by atoms with van der Waals surface area (Å²) in [5.41, 5.74) is -0.143. The minimum atomic E-state index is -3.94. The molecule has 2 aromatic rings. The number of thiophene rings is 1. The monoisotopic (exact) mass is 325 g/mol. The number of benzene rings is 1. The van der Waals surface area contributed by atoms with Crippen LogP contribution in [0.3, 0.4) is 0 Å². The van der Waals surface area contributed by atoms with Crippen LogP contribution in [0.25, 0.3) is 0 Å². The Morgan fingerprint density at radius 2 is 1.89 bits per heavy atom. The molecule has 8 heteroatoms. The average Bonchev–Trinajstić information content (AvgIpc) is 2.62. The van der Waals surface area contributed by atoms with Gasteiger partial charge in [0, 0.05) is 0 Å². The fraction of sp³-hybridized carbons (Fsp3) is 0. The van der Waals surface area contributed by atoms with Gasteiger partial charge in [-0.3, -0.25) is 4.72 Å². The molecule has 1 heterocycles. The Balaban J connectivity index is 2.40. The molecule has 3 nitrogen and oxygen atoms in total. The Morgan fingerprint density at radius 1 is 1.22 bits per heavy atom. The molecule has 0 unspecified atom stereocenters. The molecule has 0 saturated carbocycles. The zero-order chi connectivity index (χ0) is 13.3. The summed E-state index contributed by atoms with van der Waals surface area (Å²) in [5.74, 6) is -0.668. The topological polar surface area (TPSA) is 46.2 Å². The first-order chi connectivity index (χ1) is 8.40. The smallest absolute Gasteiger partial charge is 0.264 e. The molecule has 0 aliphatic carbocycles. The number of nitrogens with one attached hydrogen (secondary N) is 1. The number of para-hydroxylation sites is 1. The molecular formula is C10H6Cl2FNO2S2. The first kappa shape index (κ1) is 13.6. The third kappa shape index (κ3) is 2.77. The van der Waals surface area contributed by atoms with Crippen molar-refractivity contribution in [3.05, 3.63) is 44.8 Å². The lowest BCUT2D eigenvalue weighted by Gasteiger charge is -2.07. The van der Waals surface area contributed by atoms with E-state index in [-0.39, 0.29) is 19.3 Å². The lowest BCUT2D eigenvalue weighted by atomic mass is 10.3. The predicted octanol–water partition coefficient (Wildman–Crippen LogP) is 3.99. The number of anilines is 1. The van der Waals surface area contributed by atoms with E-state index in [0.29, 0.717) is 0 Å². The zero-order valence-corrected chi connectivity index (χ0v) is 11.8. The van der Waals surface area contributed by atoms with Crippen LogP contribution in [0.1, 0.15) is 0 Å². The summed E-state index contributed by atoms with van der Waals surface area (Å²) in [6, 6.07) is 6.66. The molecule has 1 aromatic heterocycles. The molecule has 1 N–H and O–H groups in total. The first-order valence-electron chi connectivity index (χ1n) is 4.62. The third-order valence-electron chi connectivity index (χ3n) is 2.03. The molecule has 0 amide bonds. The molecule has 0 bridgehead atoms. The van der Waals surface area contributed by atoms with Crippen molar-refractivity contribution in [2.24, 2.45) is 0 Å². The molecule has 18 heavy (non-hydrogen) atoms. The summed E-state index contributed by atoms with van der Waals surface area (Å²) in [6.45, 7) is 0. The van der Waals surface area contributed by atoms with E-state index in [9.17, 15) is 12.8 Å². The van der Waals surface area contributed by atoms with E-state index in [0.717, 1.165) is 17.4 Å². The number of hydrogen-bond acceptors (Lipinski definition) is 3. The van der Waals surface area contributed by atoms with Gasteiger partial charge in [0.1, 0.15) is 15.0 Å². The summed E-state index contributed by atoms with van der Waals surface area (Å²) in [6.07, 6.45) is 0. The highest BCUT2D eigenvalue weighted by Gasteiger charge is 2.22. The van der Waals surface area contributed by atoms with E-state index >= 15 is 0 Å². The molecule has 0 aliphatic rings. The van der Waals surface area contributed by atoms with Crippen molar-refractivity contribution in [1.82, 2.24) is 0 Å². The molecule has 0 radical (unpaired) electrons. The Bertz CT molecular complexity index is 685. The van der Waals surface area contributed by atoms with Crippen molar-refractivity contribution in [1.29, 1.82) is 0 Å². The number of hydrogen-bond donors (Lipinski definition) is 1. The SMILES string of the molecule is O=S(=O)(Nc1ccccc1F)c1cc(Cl)sc1Cl. The van der Waals surface area contributed by atoms with Gasteiger partial charge in [-0.05, 0) is 18.2 Å². The second kappa shape index (κ2) is 5.05. The number of halogens is 3. The van der Waals surface area contributed by atoms with Crippen LogP contribution >= 0.6 is 34.5 Å². The summed E-state index contributed by atoms with van der Waals surface area (Å²) >= 11 is 12.4. The van der Waals surface area contributed by atoms with E-state index in [1.807, 2.05) is 0 Å². The molecular weight excluding hydrogens is 320 g/mol. The average molecular weight is 326 g/mol. The van der Waals surface area contributed by atoms with Gasteiger partial charge in [0.2, 0.25) is 0 Å². The number of sulfonamides is 1. The summed E-state index contributed by atoms with van der Waals surface area (Å²) in [5, 5.41) is 0. The Morgan fingerprint density at radius 3 is 2.44 bits per heavy atom. The minimum absolute atomic E-state index is 0.0313. The van der Waals surface area contributed by atoms with Gasteiger partial charge in [-0.15, -0.1) is 11.3 Å². The maximum atomic E-state index is 13.4. The summed E-state index contributed by atoms with van der Waals surface area (Å²) in [4.78, 5) is -0.164. The Labute approximate surface area is 117 Å². The molecule has 1 aromatic carbocycles. The van der Waals surface area contributed by atoms with Crippen molar-refractivity contribution in [3.63, 3.8) is 0 Å². The van der Waals surface area contributed by atoms with Crippen molar-refractivity contribution in [2.45, 2.75) is 4.90 Å². The highest BCUT2D eigenvalue weighted by molar-refractivity contribution is 7.93. The largest absolute Gasteiger partial charge is 0.277 e. The van der Waals surface area contributed by atoms with E-state index < -0.39 is 15.8 Å². The van der Waals surface area contributed by atoms with Crippen molar-refractivity contribution >= 4 is 50.2 Å². The lowest BCUT2D eigenvalue weighted by molar-refractivity contribution is 0.599. The maximum Gasteiger partial charge on any atom is 0.264 e. The van der Waals surface area contributed by atoms with Crippen molar-refractivity contribution < 1.29 is 12.8 Å².